The van der Waals surface area contributed by atoms with Crippen LogP contribution in [0.15, 0.2) is 59.4 Å². The Morgan fingerprint density at radius 1 is 1.22 bits per heavy atom. The molecule has 4 aromatic rings. The zero-order valence-electron chi connectivity index (χ0n) is 16.7. The number of nitrogen functional groups attached to an aromatic ring is 1. The Labute approximate surface area is 185 Å². The van der Waals surface area contributed by atoms with Crippen LogP contribution in [0.4, 0.5) is 21.0 Å². The van der Waals surface area contributed by atoms with E-state index in [1.54, 1.807) is 31.5 Å². The number of halogens is 1. The highest BCUT2D eigenvalue weighted by Crippen LogP contribution is 2.36. The molecular weight excluding hydrogens is 435 g/mol. The Morgan fingerprint density at radius 2 is 1.97 bits per heavy atom. The molecule has 1 amide bonds. The van der Waals surface area contributed by atoms with Crippen LogP contribution in [0.25, 0.3) is 11.3 Å². The molecular formula is C21H17FN6O3S. The average Bonchev–Trinajstić information content (AvgIpc) is 3.43. The van der Waals surface area contributed by atoms with Crippen molar-refractivity contribution in [3.05, 3.63) is 71.3 Å². The lowest BCUT2D eigenvalue weighted by Crippen LogP contribution is -2.39. The maximum Gasteiger partial charge on any atom is 0.244 e. The number of nitrogens with two attached hydrogens (primary N) is 2. The Morgan fingerprint density at radius 3 is 2.62 bits per heavy atom. The van der Waals surface area contributed by atoms with E-state index in [4.69, 9.17) is 16.0 Å². The van der Waals surface area contributed by atoms with E-state index in [9.17, 15) is 14.0 Å². The molecule has 1 atom stereocenters. The van der Waals surface area contributed by atoms with Gasteiger partial charge in [0.05, 0.1) is 0 Å². The van der Waals surface area contributed by atoms with E-state index in [-0.39, 0.29) is 21.6 Å². The molecule has 1 aromatic carbocycles. The van der Waals surface area contributed by atoms with Gasteiger partial charge in [0.2, 0.25) is 17.5 Å². The summed E-state index contributed by atoms with van der Waals surface area (Å²) in [5, 5.41) is 4.16. The molecule has 4 N–H and O–H groups in total. The number of hydrogen-bond acceptors (Lipinski definition) is 9. The van der Waals surface area contributed by atoms with Crippen LogP contribution in [0, 0.1) is 5.82 Å². The first-order valence-corrected chi connectivity index (χ1v) is 10.2. The maximum atomic E-state index is 13.4. The molecule has 9 nitrogen and oxygen atoms in total. The van der Waals surface area contributed by atoms with Crippen molar-refractivity contribution >= 4 is 39.7 Å². The van der Waals surface area contributed by atoms with Gasteiger partial charge in [-0.1, -0.05) is 16.5 Å². The van der Waals surface area contributed by atoms with Crippen LogP contribution < -0.4 is 16.4 Å². The molecule has 4 rings (SSSR count). The molecule has 0 aliphatic carbocycles. The number of anilines is 3. The number of carbonyl (C=O) groups excluding carboxylic acids is 2. The van der Waals surface area contributed by atoms with Crippen molar-refractivity contribution < 1.29 is 18.5 Å². The molecule has 3 heterocycles. The van der Waals surface area contributed by atoms with Gasteiger partial charge in [-0.3, -0.25) is 14.6 Å². The Bertz CT molecular complexity index is 1270. The average molecular weight is 452 g/mol. The molecule has 0 unspecified atom stereocenters. The minimum Gasteiger partial charge on any atom is -0.382 e. The summed E-state index contributed by atoms with van der Waals surface area (Å²) in [5.41, 5.74) is 13.1. The Hall–Kier alpha value is -4.12. The van der Waals surface area contributed by atoms with Crippen molar-refractivity contribution in [1.29, 1.82) is 0 Å². The van der Waals surface area contributed by atoms with E-state index in [0.29, 0.717) is 16.9 Å². The molecule has 0 saturated heterocycles. The van der Waals surface area contributed by atoms with Gasteiger partial charge in [-0.25, -0.2) is 9.37 Å². The van der Waals surface area contributed by atoms with E-state index in [0.717, 1.165) is 11.3 Å². The van der Waals surface area contributed by atoms with Crippen molar-refractivity contribution in [2.24, 2.45) is 5.73 Å². The van der Waals surface area contributed by atoms with E-state index < -0.39 is 23.5 Å². The van der Waals surface area contributed by atoms with Gasteiger partial charge < -0.3 is 20.9 Å². The van der Waals surface area contributed by atoms with Crippen LogP contribution in [0.1, 0.15) is 22.4 Å². The number of aromatic nitrogens is 3. The molecule has 32 heavy (non-hydrogen) atoms. The standard InChI is InChI=1S/C21H17FN6O3S/c1-11(20(24)30)28(14-6-4-13(22)5-7-14)21-26-19(23)18(32-21)17(29)16-9-15(27-31-16)12-3-2-8-25-10-12/h2-11H,23H2,1H3,(H2,24,30)/t11-/m1/s1. The Kier molecular flexibility index (Phi) is 5.65. The monoisotopic (exact) mass is 452 g/mol. The van der Waals surface area contributed by atoms with Gasteiger partial charge in [0.25, 0.3) is 0 Å². The number of hydrogen-bond donors (Lipinski definition) is 2. The number of primary amides is 1. The van der Waals surface area contributed by atoms with Crippen molar-refractivity contribution in [3.63, 3.8) is 0 Å². The lowest BCUT2D eigenvalue weighted by atomic mass is 10.2. The van der Waals surface area contributed by atoms with E-state index >= 15 is 0 Å². The number of rotatable bonds is 7. The number of pyridine rings is 1. The maximum absolute atomic E-state index is 13.4. The van der Waals surface area contributed by atoms with Crippen molar-refractivity contribution in [2.45, 2.75) is 13.0 Å². The first-order chi connectivity index (χ1) is 15.3. The summed E-state index contributed by atoms with van der Waals surface area (Å²) in [7, 11) is 0. The van der Waals surface area contributed by atoms with E-state index in [1.807, 2.05) is 0 Å². The second kappa shape index (κ2) is 8.55. The third-order valence-corrected chi connectivity index (χ3v) is 5.72. The Balaban J connectivity index is 1.69. The third-order valence-electron chi connectivity index (χ3n) is 4.65. The van der Waals surface area contributed by atoms with Gasteiger partial charge >= 0.3 is 0 Å². The minimum atomic E-state index is -0.837. The van der Waals surface area contributed by atoms with E-state index in [1.165, 1.54) is 35.2 Å². The van der Waals surface area contributed by atoms with Crippen LogP contribution in [-0.4, -0.2) is 32.9 Å². The highest BCUT2D eigenvalue weighted by Gasteiger charge is 2.28. The molecule has 162 valence electrons. The number of carbonyl (C=O) groups is 2. The quantitative estimate of drug-likeness (QED) is 0.407. The van der Waals surface area contributed by atoms with Crippen LogP contribution in [0.5, 0.6) is 0 Å². The predicted octanol–water partition coefficient (Wildman–Crippen LogP) is 3.16. The first kappa shape index (κ1) is 21.1. The largest absolute Gasteiger partial charge is 0.382 e. The fraction of sp³-hybridized carbons (Fsp3) is 0.0952. The van der Waals surface area contributed by atoms with Gasteiger partial charge in [-0.05, 0) is 43.3 Å². The summed E-state index contributed by atoms with van der Waals surface area (Å²) in [6, 6.07) is 9.61. The topological polar surface area (TPSA) is 141 Å². The summed E-state index contributed by atoms with van der Waals surface area (Å²) in [6.45, 7) is 1.57. The summed E-state index contributed by atoms with van der Waals surface area (Å²) >= 11 is 0.959. The van der Waals surface area contributed by atoms with Crippen LogP contribution in [0.3, 0.4) is 0 Å². The summed E-state index contributed by atoms with van der Waals surface area (Å²) in [4.78, 5) is 34.8. The van der Waals surface area contributed by atoms with Crippen molar-refractivity contribution in [1.82, 2.24) is 15.1 Å². The van der Waals surface area contributed by atoms with Crippen molar-refractivity contribution in [2.75, 3.05) is 10.6 Å². The van der Waals surface area contributed by atoms with Gasteiger partial charge in [-0.2, -0.15) is 0 Å². The van der Waals surface area contributed by atoms with Gasteiger partial charge in [0.1, 0.15) is 28.2 Å². The number of ketones is 1. The van der Waals surface area contributed by atoms with Crippen LogP contribution >= 0.6 is 11.3 Å². The second-order valence-corrected chi connectivity index (χ2v) is 7.76. The summed E-state index contributed by atoms with van der Waals surface area (Å²) in [6.07, 6.45) is 3.21. The van der Waals surface area contributed by atoms with Gasteiger partial charge in [0.15, 0.2) is 5.13 Å². The molecule has 0 aliphatic rings. The molecule has 0 bridgehead atoms. The van der Waals surface area contributed by atoms with E-state index in [2.05, 4.69) is 15.1 Å². The zero-order chi connectivity index (χ0) is 22.8. The molecule has 0 aliphatic heterocycles. The van der Waals surface area contributed by atoms with Gasteiger partial charge in [-0.15, -0.1) is 0 Å². The SMILES string of the molecule is C[C@H](C(N)=O)N(c1ccc(F)cc1)c1nc(N)c(C(=O)c2cc(-c3cccnc3)no2)s1. The highest BCUT2D eigenvalue weighted by molar-refractivity contribution is 7.18. The number of amides is 1. The number of nitrogens with zero attached hydrogens (tertiary/aromatic N) is 4. The summed E-state index contributed by atoms with van der Waals surface area (Å²) < 4.78 is 18.6. The fourth-order valence-corrected chi connectivity index (χ4v) is 3.99. The molecule has 11 heteroatoms. The predicted molar refractivity (Wildman–Crippen MR) is 117 cm³/mol. The molecule has 0 spiro atoms. The molecule has 0 radical (unpaired) electrons. The van der Waals surface area contributed by atoms with Gasteiger partial charge in [0, 0.05) is 29.7 Å². The normalized spacial score (nSPS) is 11.8. The number of benzene rings is 1. The minimum absolute atomic E-state index is 0.0259. The van der Waals surface area contributed by atoms with Crippen molar-refractivity contribution in [3.8, 4) is 11.3 Å². The summed E-state index contributed by atoms with van der Waals surface area (Å²) in [5.74, 6) is -1.66. The second-order valence-electron chi connectivity index (χ2n) is 6.78. The highest BCUT2D eigenvalue weighted by atomic mass is 32.1. The smallest absolute Gasteiger partial charge is 0.244 e. The van der Waals surface area contributed by atoms with Crippen LogP contribution in [0.2, 0.25) is 0 Å². The third kappa shape index (κ3) is 4.05. The number of thiazole rings is 1. The molecule has 3 aromatic heterocycles. The molecule has 0 fully saturated rings. The first-order valence-electron chi connectivity index (χ1n) is 9.37. The zero-order valence-corrected chi connectivity index (χ0v) is 17.5. The molecule has 0 saturated carbocycles. The van der Waals surface area contributed by atoms with Crippen LogP contribution in [-0.2, 0) is 4.79 Å². The lowest BCUT2D eigenvalue weighted by molar-refractivity contribution is -0.118. The lowest BCUT2D eigenvalue weighted by Gasteiger charge is -2.26. The fourth-order valence-electron chi connectivity index (χ4n) is 2.96.